The maximum absolute atomic E-state index is 13.4. The molecule has 0 radical (unpaired) electrons. The molecule has 16 heteroatoms. The van der Waals surface area contributed by atoms with Gasteiger partial charge in [0.25, 0.3) is 0 Å². The lowest BCUT2D eigenvalue weighted by Gasteiger charge is -2.41. The minimum absolute atomic E-state index is 0.0757. The van der Waals surface area contributed by atoms with Crippen molar-refractivity contribution in [1.82, 2.24) is 9.55 Å². The number of aromatic nitrogens is 2. The molecule has 1 amide bonds. The van der Waals surface area contributed by atoms with Crippen LogP contribution in [-0.2, 0) is 18.3 Å². The number of rotatable bonds is 9. The number of aliphatic hydroxyl groups is 1. The van der Waals surface area contributed by atoms with E-state index >= 15 is 0 Å². The number of ether oxygens (including phenoxy) is 2. The molecule has 0 aromatic carbocycles. The maximum atomic E-state index is 13.4. The number of nitrogens with one attached hydrogen (secondary N) is 1. The molecule has 1 aliphatic rings. The van der Waals surface area contributed by atoms with Gasteiger partial charge in [-0.15, -0.1) is 0 Å². The summed E-state index contributed by atoms with van der Waals surface area (Å²) in [6.07, 6.45) is -4.77. The molecule has 1 aliphatic heterocycles. The number of alkyl halides is 3. The van der Waals surface area contributed by atoms with E-state index in [1.165, 1.54) is 20.8 Å². The Balaban J connectivity index is 2.53. The first-order chi connectivity index (χ1) is 19.6. The highest BCUT2D eigenvalue weighted by atomic mass is 35.6. The molecule has 0 spiro atoms. The summed E-state index contributed by atoms with van der Waals surface area (Å²) in [6, 6.07) is 0. The smallest absolute Gasteiger partial charge is 0.413 e. The Bertz CT molecular complexity index is 1290. The molecule has 0 unspecified atom stereocenters. The number of halogens is 3. The topological polar surface area (TPSA) is 138 Å². The molecule has 0 bridgehead atoms. The Morgan fingerprint density at radius 3 is 2.02 bits per heavy atom. The number of anilines is 1. The molecule has 1 saturated heterocycles. The molecule has 44 heavy (non-hydrogen) atoms. The van der Waals surface area contributed by atoms with E-state index in [1.807, 2.05) is 0 Å². The van der Waals surface area contributed by atoms with Crippen molar-refractivity contribution in [3.63, 3.8) is 0 Å². The van der Waals surface area contributed by atoms with Gasteiger partial charge in [-0.3, -0.25) is 14.7 Å². The third-order valence-electron chi connectivity index (χ3n) is 9.00. The highest BCUT2D eigenvalue weighted by Crippen LogP contribution is 2.43. The molecule has 2 rings (SSSR count). The van der Waals surface area contributed by atoms with E-state index in [0.29, 0.717) is 6.29 Å². The first-order valence-corrected chi connectivity index (χ1v) is 21.3. The summed E-state index contributed by atoms with van der Waals surface area (Å²) in [5, 5.41) is 13.7. The summed E-state index contributed by atoms with van der Waals surface area (Å²) in [5.74, 6) is -0.358. The fraction of sp³-hybridized carbons (Fsp3) is 0.786. The fourth-order valence-electron chi connectivity index (χ4n) is 3.84. The van der Waals surface area contributed by atoms with E-state index in [1.54, 1.807) is 0 Å². The van der Waals surface area contributed by atoms with Crippen LogP contribution in [0.15, 0.2) is 4.79 Å². The Kier molecular flexibility index (Phi) is 11.8. The van der Waals surface area contributed by atoms with Crippen LogP contribution in [-0.4, -0.2) is 78.0 Å². The molecule has 2 N–H and O–H groups in total. The minimum Gasteiger partial charge on any atom is -0.439 e. The van der Waals surface area contributed by atoms with E-state index in [2.05, 4.69) is 78.0 Å². The van der Waals surface area contributed by atoms with E-state index in [4.69, 9.17) is 53.1 Å². The van der Waals surface area contributed by atoms with Crippen molar-refractivity contribution < 1.29 is 33.0 Å². The summed E-state index contributed by atoms with van der Waals surface area (Å²) in [7, 11) is -4.65. The molecule has 1 fully saturated rings. The van der Waals surface area contributed by atoms with E-state index < -0.39 is 62.4 Å². The number of aliphatic hydroxyl groups excluding tert-OH is 1. The van der Waals surface area contributed by atoms with Crippen molar-refractivity contribution in [3.05, 3.63) is 21.7 Å². The monoisotopic (exact) mass is 715 g/mol. The van der Waals surface area contributed by atoms with Crippen LogP contribution >= 0.6 is 34.8 Å². The third kappa shape index (κ3) is 8.46. The van der Waals surface area contributed by atoms with E-state index in [-0.39, 0.29) is 33.8 Å². The van der Waals surface area contributed by atoms with Crippen LogP contribution in [0.2, 0.25) is 36.3 Å². The van der Waals surface area contributed by atoms with Gasteiger partial charge in [0.1, 0.15) is 18.3 Å². The largest absolute Gasteiger partial charge is 0.439 e. The number of hydrogen-bond donors (Lipinski definition) is 2. The standard InChI is InChI=1S/C28H48Cl3N3O8Si2/c1-16-17(14-35)21(33-24(38)41-27(8,9)28(29,30)31)32-23(37)34(16)22-19(36)20(42-44(12,13)26(5,6)7)18(40-22)15-39-43(10,11)25(2,3)4/h14,18-20,22,36H,15H2,1-13H3,(H,32,33,37,38)/t18-,19-,20-,22-/m1/s1. The number of nitrogens with zero attached hydrogens (tertiary/aromatic N) is 2. The van der Waals surface area contributed by atoms with Gasteiger partial charge in [-0.1, -0.05) is 76.3 Å². The Morgan fingerprint density at radius 1 is 1.05 bits per heavy atom. The lowest BCUT2D eigenvalue weighted by Crippen LogP contribution is -2.51. The normalized spacial score (nSPS) is 22.2. The van der Waals surface area contributed by atoms with Crippen LogP contribution in [0, 0.1) is 6.92 Å². The summed E-state index contributed by atoms with van der Waals surface area (Å²) in [6.45, 7) is 25.3. The van der Waals surface area contributed by atoms with Crippen molar-refractivity contribution in [3.8, 4) is 0 Å². The van der Waals surface area contributed by atoms with Crippen LogP contribution < -0.4 is 11.0 Å². The second kappa shape index (κ2) is 13.2. The maximum Gasteiger partial charge on any atom is 0.413 e. The van der Waals surface area contributed by atoms with Gasteiger partial charge in [-0.2, -0.15) is 4.98 Å². The van der Waals surface area contributed by atoms with Crippen LogP contribution in [0.3, 0.4) is 0 Å². The summed E-state index contributed by atoms with van der Waals surface area (Å²) < 4.78 is 23.8. The van der Waals surface area contributed by atoms with Crippen LogP contribution in [0.1, 0.15) is 77.7 Å². The Labute approximate surface area is 277 Å². The Morgan fingerprint density at radius 2 is 1.57 bits per heavy atom. The number of carbonyl (C=O) groups is 2. The first kappa shape index (κ1) is 39.1. The van der Waals surface area contributed by atoms with Crippen molar-refractivity contribution in [2.24, 2.45) is 0 Å². The van der Waals surface area contributed by atoms with Gasteiger partial charge >= 0.3 is 11.8 Å². The average Bonchev–Trinajstić information content (AvgIpc) is 3.09. The molecule has 2 heterocycles. The molecular formula is C28H48Cl3N3O8Si2. The van der Waals surface area contributed by atoms with Gasteiger partial charge in [0.05, 0.1) is 12.2 Å². The minimum atomic E-state index is -2.43. The lowest BCUT2D eigenvalue weighted by molar-refractivity contribution is -0.0537. The number of hydrogen-bond acceptors (Lipinski definition) is 9. The zero-order valence-corrected chi connectivity index (χ0v) is 32.2. The summed E-state index contributed by atoms with van der Waals surface area (Å²) >= 11 is 17.7. The van der Waals surface area contributed by atoms with Crippen molar-refractivity contribution >= 4 is 69.6 Å². The predicted molar refractivity (Wildman–Crippen MR) is 178 cm³/mol. The second-order valence-corrected chi connectivity index (χ2v) is 26.6. The zero-order chi connectivity index (χ0) is 34.4. The number of aldehydes is 1. The van der Waals surface area contributed by atoms with Gasteiger partial charge in [0.2, 0.25) is 3.79 Å². The van der Waals surface area contributed by atoms with Crippen molar-refractivity contribution in [2.75, 3.05) is 11.9 Å². The lowest BCUT2D eigenvalue weighted by atomic mass is 10.1. The molecule has 0 saturated carbocycles. The van der Waals surface area contributed by atoms with E-state index in [9.17, 15) is 19.5 Å². The Hall–Kier alpha value is -1.04. The molecule has 0 aliphatic carbocycles. The fourth-order valence-corrected chi connectivity index (χ4v) is 6.29. The highest BCUT2D eigenvalue weighted by Gasteiger charge is 2.52. The predicted octanol–water partition coefficient (Wildman–Crippen LogP) is 6.73. The van der Waals surface area contributed by atoms with Crippen LogP contribution in [0.5, 0.6) is 0 Å². The van der Waals surface area contributed by atoms with Gasteiger partial charge < -0.3 is 23.4 Å². The third-order valence-corrected chi connectivity index (χ3v) is 19.3. The summed E-state index contributed by atoms with van der Waals surface area (Å²) in [5.41, 5.74) is -2.48. The second-order valence-electron chi connectivity index (χ2n) is 14.7. The number of carbonyl (C=O) groups excluding carboxylic acids is 2. The van der Waals surface area contributed by atoms with Crippen LogP contribution in [0.4, 0.5) is 10.6 Å². The van der Waals surface area contributed by atoms with Gasteiger partial charge in [0.15, 0.2) is 40.6 Å². The molecule has 252 valence electrons. The van der Waals surface area contributed by atoms with Gasteiger partial charge in [-0.25, -0.2) is 9.59 Å². The highest BCUT2D eigenvalue weighted by molar-refractivity contribution is 6.74. The first-order valence-electron chi connectivity index (χ1n) is 14.4. The van der Waals surface area contributed by atoms with E-state index in [0.717, 1.165) is 4.57 Å². The quantitative estimate of drug-likeness (QED) is 0.162. The van der Waals surface area contributed by atoms with Gasteiger partial charge in [0, 0.05) is 5.69 Å². The van der Waals surface area contributed by atoms with Gasteiger partial charge in [-0.05, 0) is 57.0 Å². The molecule has 4 atom stereocenters. The van der Waals surface area contributed by atoms with Crippen molar-refractivity contribution in [1.29, 1.82) is 0 Å². The molecule has 1 aromatic rings. The zero-order valence-electron chi connectivity index (χ0n) is 27.9. The van der Waals surface area contributed by atoms with Crippen molar-refractivity contribution in [2.45, 2.75) is 133 Å². The molecular weight excluding hydrogens is 669 g/mol. The molecule has 11 nitrogen and oxygen atoms in total. The summed E-state index contributed by atoms with van der Waals surface area (Å²) in [4.78, 5) is 42.2. The molecule has 1 aromatic heterocycles. The SMILES string of the molecule is Cc1c(C=O)c(NC(=O)OC(C)(C)C(Cl)(Cl)Cl)nc(=O)n1[C@@H]1O[C@H](CO[Si](C)(C)C(C)(C)C)[C@@H](O[Si](C)(C)C(C)(C)C)[C@H]1O. The van der Waals surface area contributed by atoms with Crippen LogP contribution in [0.25, 0.3) is 0 Å². The average molecular weight is 717 g/mol. The number of amides is 1.